The second-order valence-electron chi connectivity index (χ2n) is 5.87. The molecule has 1 fully saturated rings. The number of nitrogens with one attached hydrogen (secondary N) is 1. The number of likely N-dealkylation sites (tertiary alicyclic amines) is 1. The Morgan fingerprint density at radius 1 is 1.27 bits per heavy atom. The number of hydrogen-bond acceptors (Lipinski definition) is 4. The van der Waals surface area contributed by atoms with Gasteiger partial charge in [-0.25, -0.2) is 0 Å². The number of hydrogen-bond donors (Lipinski definition) is 1. The molecule has 2 aromatic rings. The van der Waals surface area contributed by atoms with Gasteiger partial charge in [0.2, 0.25) is 5.91 Å². The van der Waals surface area contributed by atoms with Gasteiger partial charge in [-0.2, -0.15) is 8.78 Å². The zero-order valence-electron chi connectivity index (χ0n) is 13.9. The lowest BCUT2D eigenvalue weighted by molar-refractivity contribution is -0.125. The normalized spacial score (nSPS) is 16.7. The van der Waals surface area contributed by atoms with Crippen molar-refractivity contribution in [3.05, 3.63) is 54.0 Å². The Kier molecular flexibility index (Phi) is 5.50. The number of alkyl halides is 2. The minimum Gasteiger partial charge on any atom is -0.459 e. The molecule has 6 nitrogen and oxygen atoms in total. The Hall–Kier alpha value is -2.90. The number of ether oxygens (including phenoxy) is 1. The maximum absolute atomic E-state index is 12.5. The molecular weight excluding hydrogens is 346 g/mol. The first-order chi connectivity index (χ1) is 12.5. The van der Waals surface area contributed by atoms with Gasteiger partial charge in [0.15, 0.2) is 5.76 Å². The van der Waals surface area contributed by atoms with Crippen molar-refractivity contribution in [1.29, 1.82) is 0 Å². The van der Waals surface area contributed by atoms with E-state index in [0.29, 0.717) is 13.0 Å². The van der Waals surface area contributed by atoms with E-state index in [4.69, 9.17) is 4.42 Å². The second kappa shape index (κ2) is 7.99. The van der Waals surface area contributed by atoms with Crippen LogP contribution in [-0.4, -0.2) is 35.9 Å². The molecule has 8 heteroatoms. The van der Waals surface area contributed by atoms with E-state index in [2.05, 4.69) is 10.1 Å². The molecule has 1 unspecified atom stereocenters. The van der Waals surface area contributed by atoms with E-state index in [0.717, 1.165) is 12.0 Å². The highest BCUT2D eigenvalue weighted by Crippen LogP contribution is 2.21. The van der Waals surface area contributed by atoms with Crippen molar-refractivity contribution in [2.45, 2.75) is 32.0 Å². The molecule has 1 aliphatic rings. The van der Waals surface area contributed by atoms with Crippen molar-refractivity contribution in [3.8, 4) is 5.75 Å². The molecular formula is C18H18F2N2O4. The van der Waals surface area contributed by atoms with E-state index in [1.165, 1.54) is 23.3 Å². The van der Waals surface area contributed by atoms with Gasteiger partial charge >= 0.3 is 6.61 Å². The van der Waals surface area contributed by atoms with Crippen molar-refractivity contribution in [2.75, 3.05) is 6.54 Å². The van der Waals surface area contributed by atoms with Crippen LogP contribution < -0.4 is 10.1 Å². The first-order valence-corrected chi connectivity index (χ1v) is 8.20. The standard InChI is InChI=1S/C18H18F2N2O4/c19-18(20)26-13-7-5-12(6-8-13)11-21-16(23)14-3-1-9-22(14)17(24)15-4-2-10-25-15/h2,4-8,10,14,18H,1,3,9,11H2,(H,21,23). The summed E-state index contributed by atoms with van der Waals surface area (Å²) in [5.41, 5.74) is 0.738. The third kappa shape index (κ3) is 4.19. The van der Waals surface area contributed by atoms with E-state index >= 15 is 0 Å². The molecule has 1 aromatic heterocycles. The van der Waals surface area contributed by atoms with Crippen LogP contribution in [0.5, 0.6) is 5.75 Å². The molecule has 1 saturated heterocycles. The van der Waals surface area contributed by atoms with Crippen LogP contribution in [-0.2, 0) is 11.3 Å². The quantitative estimate of drug-likeness (QED) is 0.856. The fourth-order valence-corrected chi connectivity index (χ4v) is 2.92. The van der Waals surface area contributed by atoms with Gasteiger partial charge < -0.3 is 19.4 Å². The third-order valence-corrected chi connectivity index (χ3v) is 4.16. The predicted molar refractivity (Wildman–Crippen MR) is 87.7 cm³/mol. The van der Waals surface area contributed by atoms with E-state index < -0.39 is 12.7 Å². The van der Waals surface area contributed by atoms with Crippen LogP contribution in [0.1, 0.15) is 29.0 Å². The van der Waals surface area contributed by atoms with Gasteiger partial charge in [-0.05, 0) is 42.7 Å². The van der Waals surface area contributed by atoms with Crippen molar-refractivity contribution < 1.29 is 27.5 Å². The van der Waals surface area contributed by atoms with Crippen molar-refractivity contribution in [1.82, 2.24) is 10.2 Å². The molecule has 26 heavy (non-hydrogen) atoms. The number of carbonyl (C=O) groups excluding carboxylic acids is 2. The summed E-state index contributed by atoms with van der Waals surface area (Å²) >= 11 is 0. The second-order valence-corrected chi connectivity index (χ2v) is 5.87. The number of amides is 2. The third-order valence-electron chi connectivity index (χ3n) is 4.16. The highest BCUT2D eigenvalue weighted by atomic mass is 19.3. The Bertz CT molecular complexity index is 747. The molecule has 0 aliphatic carbocycles. The number of halogens is 2. The molecule has 2 amide bonds. The van der Waals surface area contributed by atoms with E-state index in [1.54, 1.807) is 24.3 Å². The van der Waals surface area contributed by atoms with E-state index in [1.807, 2.05) is 0 Å². The predicted octanol–water partition coefficient (Wildman–Crippen LogP) is 2.80. The van der Waals surface area contributed by atoms with Gasteiger partial charge in [0, 0.05) is 13.1 Å². The molecule has 0 saturated carbocycles. The topological polar surface area (TPSA) is 71.8 Å². The molecule has 0 bridgehead atoms. The maximum atomic E-state index is 12.5. The van der Waals surface area contributed by atoms with Crippen LogP contribution in [0.4, 0.5) is 8.78 Å². The van der Waals surface area contributed by atoms with E-state index in [-0.39, 0.29) is 29.9 Å². The van der Waals surface area contributed by atoms with Crippen molar-refractivity contribution in [2.24, 2.45) is 0 Å². The van der Waals surface area contributed by atoms with Crippen LogP contribution in [0.2, 0.25) is 0 Å². The average Bonchev–Trinajstić information content (AvgIpc) is 3.31. The fourth-order valence-electron chi connectivity index (χ4n) is 2.92. The zero-order chi connectivity index (χ0) is 18.5. The smallest absolute Gasteiger partial charge is 0.387 e. The summed E-state index contributed by atoms with van der Waals surface area (Å²) in [6, 6.07) is 8.66. The van der Waals surface area contributed by atoms with Crippen molar-refractivity contribution >= 4 is 11.8 Å². The lowest BCUT2D eigenvalue weighted by Crippen LogP contribution is -2.45. The van der Waals surface area contributed by atoms with Crippen molar-refractivity contribution in [3.63, 3.8) is 0 Å². The van der Waals surface area contributed by atoms with Crippen LogP contribution in [0, 0.1) is 0 Å². The number of nitrogens with zero attached hydrogens (tertiary/aromatic N) is 1. The minimum atomic E-state index is -2.87. The van der Waals surface area contributed by atoms with Crippen LogP contribution in [0.15, 0.2) is 47.1 Å². The molecule has 1 N–H and O–H groups in total. The van der Waals surface area contributed by atoms with Crippen LogP contribution >= 0.6 is 0 Å². The van der Waals surface area contributed by atoms with Crippen LogP contribution in [0.3, 0.4) is 0 Å². The van der Waals surface area contributed by atoms with E-state index in [9.17, 15) is 18.4 Å². The fraction of sp³-hybridized carbons (Fsp3) is 0.333. The Morgan fingerprint density at radius 3 is 2.69 bits per heavy atom. The molecule has 2 heterocycles. The largest absolute Gasteiger partial charge is 0.459 e. The lowest BCUT2D eigenvalue weighted by Gasteiger charge is -2.23. The summed E-state index contributed by atoms with van der Waals surface area (Å²) in [6.45, 7) is -2.15. The summed E-state index contributed by atoms with van der Waals surface area (Å²) < 4.78 is 33.7. The summed E-state index contributed by atoms with van der Waals surface area (Å²) in [6.07, 6.45) is 2.74. The Morgan fingerprint density at radius 2 is 2.04 bits per heavy atom. The zero-order valence-corrected chi connectivity index (χ0v) is 13.9. The Balaban J connectivity index is 1.56. The summed E-state index contributed by atoms with van der Waals surface area (Å²) in [5.74, 6) is -0.295. The number of carbonyl (C=O) groups is 2. The first-order valence-electron chi connectivity index (χ1n) is 8.20. The monoisotopic (exact) mass is 364 g/mol. The maximum Gasteiger partial charge on any atom is 0.387 e. The molecule has 3 rings (SSSR count). The van der Waals surface area contributed by atoms with Gasteiger partial charge in [0.25, 0.3) is 5.91 Å². The molecule has 1 aromatic carbocycles. The summed E-state index contributed by atoms with van der Waals surface area (Å²) in [4.78, 5) is 26.4. The lowest BCUT2D eigenvalue weighted by atomic mass is 10.1. The van der Waals surface area contributed by atoms with Gasteiger partial charge in [-0.1, -0.05) is 12.1 Å². The molecule has 0 spiro atoms. The number of furan rings is 1. The van der Waals surface area contributed by atoms with Gasteiger partial charge in [0.1, 0.15) is 11.8 Å². The highest BCUT2D eigenvalue weighted by Gasteiger charge is 2.35. The molecule has 1 atom stereocenters. The number of rotatable bonds is 6. The highest BCUT2D eigenvalue weighted by molar-refractivity contribution is 5.95. The minimum absolute atomic E-state index is 0.0566. The Labute approximate surface area is 148 Å². The molecule has 138 valence electrons. The van der Waals surface area contributed by atoms with Crippen LogP contribution in [0.25, 0.3) is 0 Å². The van der Waals surface area contributed by atoms with Gasteiger partial charge in [0.05, 0.1) is 6.26 Å². The SMILES string of the molecule is O=C(NCc1ccc(OC(F)F)cc1)C1CCCN1C(=O)c1ccco1. The number of benzene rings is 1. The first kappa shape index (κ1) is 17.9. The summed E-state index contributed by atoms with van der Waals surface area (Å²) in [7, 11) is 0. The molecule has 0 radical (unpaired) electrons. The van der Waals surface area contributed by atoms with Gasteiger partial charge in [-0.3, -0.25) is 9.59 Å². The van der Waals surface area contributed by atoms with Gasteiger partial charge in [-0.15, -0.1) is 0 Å². The summed E-state index contributed by atoms with van der Waals surface area (Å²) in [5, 5.41) is 2.78. The average molecular weight is 364 g/mol. The molecule has 1 aliphatic heterocycles.